The van der Waals surface area contributed by atoms with Crippen LogP contribution in [0.4, 0.5) is 0 Å². The normalized spacial score (nSPS) is 19.1. The molecule has 0 aromatic rings. The van der Waals surface area contributed by atoms with Crippen molar-refractivity contribution in [3.63, 3.8) is 0 Å². The van der Waals surface area contributed by atoms with Crippen molar-refractivity contribution >= 4 is 5.97 Å². The molecule has 0 radical (unpaired) electrons. The SMILES string of the molecule is CCCCOC(=O)C(C)=CC1(CC)COC1. The van der Waals surface area contributed by atoms with Crippen molar-refractivity contribution in [1.82, 2.24) is 0 Å². The number of carbonyl (C=O) groups is 1. The molecule has 1 saturated heterocycles. The van der Waals surface area contributed by atoms with E-state index in [0.29, 0.717) is 12.2 Å². The molecule has 1 heterocycles. The fourth-order valence-corrected chi connectivity index (χ4v) is 1.70. The summed E-state index contributed by atoms with van der Waals surface area (Å²) in [7, 11) is 0. The van der Waals surface area contributed by atoms with Gasteiger partial charge in [-0.15, -0.1) is 0 Å². The molecular weight excluding hydrogens is 204 g/mol. The Morgan fingerprint density at radius 3 is 2.56 bits per heavy atom. The molecule has 0 unspecified atom stereocenters. The van der Waals surface area contributed by atoms with Gasteiger partial charge in [0.25, 0.3) is 0 Å². The Morgan fingerprint density at radius 2 is 2.12 bits per heavy atom. The number of rotatable bonds is 6. The van der Waals surface area contributed by atoms with Crippen molar-refractivity contribution < 1.29 is 14.3 Å². The molecule has 0 atom stereocenters. The molecule has 0 bridgehead atoms. The van der Waals surface area contributed by atoms with Gasteiger partial charge in [-0.05, 0) is 19.8 Å². The molecule has 1 aliphatic rings. The zero-order valence-electron chi connectivity index (χ0n) is 10.5. The third-order valence-electron chi connectivity index (χ3n) is 3.06. The van der Waals surface area contributed by atoms with E-state index in [1.54, 1.807) is 0 Å². The second kappa shape index (κ2) is 6.04. The van der Waals surface area contributed by atoms with Crippen molar-refractivity contribution in [1.29, 1.82) is 0 Å². The smallest absolute Gasteiger partial charge is 0.333 e. The van der Waals surface area contributed by atoms with Gasteiger partial charge in [0, 0.05) is 11.0 Å². The number of esters is 1. The molecule has 3 nitrogen and oxygen atoms in total. The summed E-state index contributed by atoms with van der Waals surface area (Å²) >= 11 is 0. The summed E-state index contributed by atoms with van der Waals surface area (Å²) in [5.41, 5.74) is 0.787. The largest absolute Gasteiger partial charge is 0.462 e. The van der Waals surface area contributed by atoms with E-state index < -0.39 is 0 Å². The Balaban J connectivity index is 2.45. The monoisotopic (exact) mass is 226 g/mol. The average molecular weight is 226 g/mol. The summed E-state index contributed by atoms with van der Waals surface area (Å²) in [6.07, 6.45) is 5.00. The first kappa shape index (κ1) is 13.2. The Labute approximate surface area is 97.8 Å². The molecule has 0 amide bonds. The summed E-state index contributed by atoms with van der Waals surface area (Å²) in [6, 6.07) is 0. The number of hydrogen-bond acceptors (Lipinski definition) is 3. The predicted molar refractivity (Wildman–Crippen MR) is 63.2 cm³/mol. The maximum absolute atomic E-state index is 11.6. The lowest BCUT2D eigenvalue weighted by atomic mass is 9.81. The molecule has 1 aliphatic heterocycles. The van der Waals surface area contributed by atoms with Crippen LogP contribution in [0.15, 0.2) is 11.6 Å². The van der Waals surface area contributed by atoms with Gasteiger partial charge in [0.1, 0.15) is 0 Å². The zero-order chi connectivity index (χ0) is 12.0. The number of unbranched alkanes of at least 4 members (excludes halogenated alkanes) is 1. The van der Waals surface area contributed by atoms with Crippen molar-refractivity contribution in [3.8, 4) is 0 Å². The fourth-order valence-electron chi connectivity index (χ4n) is 1.70. The van der Waals surface area contributed by atoms with Crippen LogP contribution in [0.25, 0.3) is 0 Å². The Hall–Kier alpha value is -0.830. The van der Waals surface area contributed by atoms with Gasteiger partial charge in [-0.2, -0.15) is 0 Å². The Bertz CT molecular complexity index is 259. The third kappa shape index (κ3) is 3.34. The minimum atomic E-state index is -0.187. The summed E-state index contributed by atoms with van der Waals surface area (Å²) < 4.78 is 10.4. The molecule has 0 N–H and O–H groups in total. The van der Waals surface area contributed by atoms with Crippen LogP contribution in [-0.2, 0) is 14.3 Å². The molecule has 0 aromatic heterocycles. The van der Waals surface area contributed by atoms with Crippen LogP contribution in [0.2, 0.25) is 0 Å². The highest BCUT2D eigenvalue weighted by atomic mass is 16.5. The van der Waals surface area contributed by atoms with Gasteiger partial charge < -0.3 is 9.47 Å². The van der Waals surface area contributed by atoms with E-state index in [9.17, 15) is 4.79 Å². The van der Waals surface area contributed by atoms with Crippen molar-refractivity contribution in [2.24, 2.45) is 5.41 Å². The summed E-state index contributed by atoms with van der Waals surface area (Å²) in [5, 5.41) is 0. The summed E-state index contributed by atoms with van der Waals surface area (Å²) in [6.45, 7) is 8.00. The summed E-state index contributed by atoms with van der Waals surface area (Å²) in [4.78, 5) is 11.6. The molecule has 3 heteroatoms. The van der Waals surface area contributed by atoms with Gasteiger partial charge in [-0.25, -0.2) is 4.79 Å². The van der Waals surface area contributed by atoms with Crippen LogP contribution in [0.5, 0.6) is 0 Å². The van der Waals surface area contributed by atoms with E-state index in [2.05, 4.69) is 13.8 Å². The van der Waals surface area contributed by atoms with Gasteiger partial charge in [-0.1, -0.05) is 26.3 Å². The standard InChI is InChI=1S/C13H22O3/c1-4-6-7-16-12(14)11(3)8-13(5-2)9-15-10-13/h8H,4-7,9-10H2,1-3H3. The van der Waals surface area contributed by atoms with Crippen molar-refractivity contribution in [2.45, 2.75) is 40.0 Å². The second-order valence-electron chi connectivity index (χ2n) is 4.53. The maximum Gasteiger partial charge on any atom is 0.333 e. The minimum Gasteiger partial charge on any atom is -0.462 e. The molecule has 0 spiro atoms. The number of hydrogen-bond donors (Lipinski definition) is 0. The van der Waals surface area contributed by atoms with Crippen molar-refractivity contribution in [2.75, 3.05) is 19.8 Å². The van der Waals surface area contributed by atoms with Gasteiger partial charge in [0.15, 0.2) is 0 Å². The molecule has 1 fully saturated rings. The molecular formula is C13H22O3. The highest BCUT2D eigenvalue weighted by Crippen LogP contribution is 2.33. The van der Waals surface area contributed by atoms with Crippen LogP contribution < -0.4 is 0 Å². The van der Waals surface area contributed by atoms with E-state index >= 15 is 0 Å². The molecule has 0 aliphatic carbocycles. The maximum atomic E-state index is 11.6. The van der Waals surface area contributed by atoms with Gasteiger partial charge >= 0.3 is 5.97 Å². The Kier molecular flexibility index (Phi) is 5.00. The topological polar surface area (TPSA) is 35.5 Å². The van der Waals surface area contributed by atoms with Crippen molar-refractivity contribution in [3.05, 3.63) is 11.6 Å². The van der Waals surface area contributed by atoms with Crippen LogP contribution in [0.1, 0.15) is 40.0 Å². The highest BCUT2D eigenvalue weighted by Gasteiger charge is 2.35. The second-order valence-corrected chi connectivity index (χ2v) is 4.53. The zero-order valence-corrected chi connectivity index (χ0v) is 10.5. The number of carbonyl (C=O) groups excluding carboxylic acids is 1. The van der Waals surface area contributed by atoms with Gasteiger partial charge in [0.05, 0.1) is 19.8 Å². The van der Waals surface area contributed by atoms with E-state index in [1.165, 1.54) is 0 Å². The molecule has 16 heavy (non-hydrogen) atoms. The quantitative estimate of drug-likeness (QED) is 0.397. The summed E-state index contributed by atoms with van der Waals surface area (Å²) in [5.74, 6) is -0.187. The molecule has 0 aromatic carbocycles. The van der Waals surface area contributed by atoms with Crippen LogP contribution >= 0.6 is 0 Å². The predicted octanol–water partition coefficient (Wildman–Crippen LogP) is 2.70. The first-order valence-corrected chi connectivity index (χ1v) is 6.08. The first-order valence-electron chi connectivity index (χ1n) is 6.08. The molecule has 1 rings (SSSR count). The van der Waals surface area contributed by atoms with E-state index in [1.807, 2.05) is 13.0 Å². The molecule has 92 valence electrons. The average Bonchev–Trinajstić information content (AvgIpc) is 2.23. The van der Waals surface area contributed by atoms with Crippen LogP contribution in [-0.4, -0.2) is 25.8 Å². The highest BCUT2D eigenvalue weighted by molar-refractivity contribution is 5.87. The molecule has 0 saturated carbocycles. The first-order chi connectivity index (χ1) is 7.63. The Morgan fingerprint density at radius 1 is 1.44 bits per heavy atom. The minimum absolute atomic E-state index is 0.0772. The lowest BCUT2D eigenvalue weighted by Gasteiger charge is -2.38. The van der Waals surface area contributed by atoms with Crippen LogP contribution in [0, 0.1) is 5.41 Å². The van der Waals surface area contributed by atoms with E-state index in [4.69, 9.17) is 9.47 Å². The number of ether oxygens (including phenoxy) is 2. The fraction of sp³-hybridized carbons (Fsp3) is 0.769. The third-order valence-corrected chi connectivity index (χ3v) is 3.06. The lowest BCUT2D eigenvalue weighted by molar-refractivity contribution is -0.139. The van der Waals surface area contributed by atoms with E-state index in [0.717, 1.165) is 32.5 Å². The lowest BCUT2D eigenvalue weighted by Crippen LogP contribution is -2.40. The van der Waals surface area contributed by atoms with E-state index in [-0.39, 0.29) is 11.4 Å². The van der Waals surface area contributed by atoms with Crippen LogP contribution in [0.3, 0.4) is 0 Å². The van der Waals surface area contributed by atoms with Gasteiger partial charge in [0.2, 0.25) is 0 Å². The van der Waals surface area contributed by atoms with Gasteiger partial charge in [-0.3, -0.25) is 0 Å².